The van der Waals surface area contributed by atoms with Crippen molar-refractivity contribution in [1.29, 1.82) is 0 Å². The van der Waals surface area contributed by atoms with Crippen LogP contribution < -0.4 is 9.64 Å². The third-order valence-electron chi connectivity index (χ3n) is 7.97. The maximum atomic E-state index is 14.2. The molecule has 0 amide bonds. The molecule has 2 aromatic rings. The van der Waals surface area contributed by atoms with Crippen LogP contribution in [0.15, 0.2) is 41.3 Å². The van der Waals surface area contributed by atoms with E-state index in [1.807, 2.05) is 11.9 Å². The highest BCUT2D eigenvalue weighted by atomic mass is 32.2. The second-order valence-corrected chi connectivity index (χ2v) is 11.5. The largest absolute Gasteiger partial charge is 0.492 e. The zero-order chi connectivity index (χ0) is 27.2. The molecule has 202 valence electrons. The van der Waals surface area contributed by atoms with Crippen molar-refractivity contribution in [3.05, 3.63) is 47.8 Å². The molecule has 2 aliphatic rings. The Bertz CT molecular complexity index is 1140. The zero-order valence-electron chi connectivity index (χ0n) is 21.4. The van der Waals surface area contributed by atoms with Gasteiger partial charge in [0.1, 0.15) is 18.2 Å². The minimum atomic E-state index is -4.72. The van der Waals surface area contributed by atoms with Crippen molar-refractivity contribution >= 4 is 29.3 Å². The Morgan fingerprint density at radius 2 is 1.78 bits per heavy atom. The van der Waals surface area contributed by atoms with Crippen molar-refractivity contribution in [2.24, 2.45) is 11.3 Å². The number of hydrogen-bond donors (Lipinski definition) is 1. The monoisotopic (exact) mass is 540 g/mol. The molecular formula is C27H32F4N2O3S. The first-order valence-corrected chi connectivity index (χ1v) is 13.2. The molecule has 37 heavy (non-hydrogen) atoms. The van der Waals surface area contributed by atoms with Gasteiger partial charge in [-0.15, -0.1) is 0 Å². The minimum absolute atomic E-state index is 0.179. The molecule has 1 heterocycles. The molecule has 1 fully saturated rings. The quantitative estimate of drug-likeness (QED) is 0.292. The molecule has 5 nitrogen and oxygen atoms in total. The van der Waals surface area contributed by atoms with Crippen LogP contribution in [-0.4, -0.2) is 41.1 Å². The summed E-state index contributed by atoms with van der Waals surface area (Å²) >= 11 is 1.37. The fraction of sp³-hybridized carbons (Fsp3) is 0.519. The van der Waals surface area contributed by atoms with Gasteiger partial charge in [-0.2, -0.15) is 13.2 Å². The third-order valence-corrected chi connectivity index (χ3v) is 9.15. The minimum Gasteiger partial charge on any atom is -0.492 e. The number of rotatable bonds is 7. The van der Waals surface area contributed by atoms with Crippen LogP contribution in [-0.2, 0) is 11.0 Å². The topological polar surface area (TPSA) is 53.0 Å². The second kappa shape index (κ2) is 10.0. The summed E-state index contributed by atoms with van der Waals surface area (Å²) < 4.78 is 63.9. The average Bonchev–Trinajstić information content (AvgIpc) is 2.94. The summed E-state index contributed by atoms with van der Waals surface area (Å²) in [6.45, 7) is 5.78. The first-order chi connectivity index (χ1) is 17.3. The van der Waals surface area contributed by atoms with Gasteiger partial charge in [0, 0.05) is 12.2 Å². The van der Waals surface area contributed by atoms with Gasteiger partial charge in [-0.3, -0.25) is 4.79 Å². The average molecular weight is 541 g/mol. The summed E-state index contributed by atoms with van der Waals surface area (Å²) in [5, 5.41) is 9.16. The van der Waals surface area contributed by atoms with Gasteiger partial charge in [0.25, 0.3) is 0 Å². The molecule has 1 atom stereocenters. The van der Waals surface area contributed by atoms with E-state index in [2.05, 4.69) is 18.2 Å². The first-order valence-electron chi connectivity index (χ1n) is 12.4. The van der Waals surface area contributed by atoms with Crippen LogP contribution in [0.5, 0.6) is 5.75 Å². The van der Waals surface area contributed by atoms with E-state index in [1.54, 1.807) is 12.1 Å². The van der Waals surface area contributed by atoms with E-state index in [0.717, 1.165) is 31.7 Å². The summed E-state index contributed by atoms with van der Waals surface area (Å²) in [5.74, 6) is -2.95. The number of likely N-dealkylation sites (N-methyl/N-ethyl adjacent to an activating group) is 1. The van der Waals surface area contributed by atoms with E-state index in [4.69, 9.17) is 9.84 Å². The third kappa shape index (κ3) is 5.27. The van der Waals surface area contributed by atoms with Crippen LogP contribution in [0.4, 0.5) is 28.9 Å². The van der Waals surface area contributed by atoms with Gasteiger partial charge in [0.05, 0.1) is 27.6 Å². The lowest BCUT2D eigenvalue weighted by Gasteiger charge is -2.60. The maximum Gasteiger partial charge on any atom is 0.420 e. The van der Waals surface area contributed by atoms with Crippen molar-refractivity contribution in [3.63, 3.8) is 0 Å². The van der Waals surface area contributed by atoms with Crippen molar-refractivity contribution < 1.29 is 32.2 Å². The SMILES string of the molecule is CCC1(CC)CC2(CN(c3ccc(F)cc3)c3cc(C(F)(F)F)c(OCC(C)C(=O)O)cc3SN2C)C1. The number of aliphatic carboxylic acids is 1. The number of nitrogens with zero attached hydrogens (tertiary/aromatic N) is 2. The van der Waals surface area contributed by atoms with Gasteiger partial charge >= 0.3 is 12.1 Å². The summed E-state index contributed by atoms with van der Waals surface area (Å²) in [4.78, 5) is 13.6. The summed E-state index contributed by atoms with van der Waals surface area (Å²) in [7, 11) is 1.96. The van der Waals surface area contributed by atoms with E-state index >= 15 is 0 Å². The number of anilines is 2. The number of alkyl halides is 3. The van der Waals surface area contributed by atoms with Crippen molar-refractivity contribution in [1.82, 2.24) is 4.31 Å². The number of ether oxygens (including phenoxy) is 1. The van der Waals surface area contributed by atoms with Gasteiger partial charge in [-0.1, -0.05) is 26.7 Å². The van der Waals surface area contributed by atoms with Gasteiger partial charge in [0.15, 0.2) is 0 Å². The lowest BCUT2D eigenvalue weighted by Crippen LogP contribution is -2.62. The lowest BCUT2D eigenvalue weighted by molar-refractivity contribution is -0.142. The Morgan fingerprint density at radius 1 is 1.16 bits per heavy atom. The van der Waals surface area contributed by atoms with Crippen LogP contribution in [0.3, 0.4) is 0 Å². The molecule has 1 N–H and O–H groups in total. The summed E-state index contributed by atoms with van der Waals surface area (Å²) in [6.07, 6.45) is -0.889. The molecule has 1 aliphatic heterocycles. The molecule has 4 rings (SSSR count). The number of halogens is 4. The van der Waals surface area contributed by atoms with E-state index in [0.29, 0.717) is 22.8 Å². The van der Waals surface area contributed by atoms with Gasteiger partial charge in [-0.05, 0) is 80.6 Å². The Hall–Kier alpha value is -2.46. The highest BCUT2D eigenvalue weighted by Gasteiger charge is 2.57. The van der Waals surface area contributed by atoms with Crippen molar-refractivity contribution in [2.45, 2.75) is 63.1 Å². The van der Waals surface area contributed by atoms with Gasteiger partial charge in [0.2, 0.25) is 0 Å². The number of benzene rings is 2. The van der Waals surface area contributed by atoms with Crippen LogP contribution >= 0.6 is 11.9 Å². The number of fused-ring (bicyclic) bond motifs is 1. The standard InChI is InChI=1S/C27H32F4N2O3S/c1-5-25(6-2)14-26(15-25)16-33(19-9-7-18(28)8-10-19)21-11-20(27(29,30)31)22(12-23(21)37-32(26)4)36-13-17(3)24(34)35/h7-12,17H,5-6,13-16H2,1-4H3,(H,34,35). The van der Waals surface area contributed by atoms with Crippen LogP contribution in [0.1, 0.15) is 52.0 Å². The van der Waals surface area contributed by atoms with Crippen molar-refractivity contribution in [3.8, 4) is 5.75 Å². The number of hydrogen-bond acceptors (Lipinski definition) is 5. The van der Waals surface area contributed by atoms with Gasteiger partial charge < -0.3 is 14.7 Å². The number of carboxylic acid groups (broad SMARTS) is 1. The molecule has 1 saturated carbocycles. The molecule has 10 heteroatoms. The fourth-order valence-electron chi connectivity index (χ4n) is 5.46. The highest BCUT2D eigenvalue weighted by molar-refractivity contribution is 7.97. The zero-order valence-corrected chi connectivity index (χ0v) is 22.2. The summed E-state index contributed by atoms with van der Waals surface area (Å²) in [6, 6.07) is 8.21. The molecule has 0 bridgehead atoms. The van der Waals surface area contributed by atoms with E-state index < -0.39 is 41.8 Å². The molecule has 1 aliphatic carbocycles. The predicted molar refractivity (Wildman–Crippen MR) is 136 cm³/mol. The number of carbonyl (C=O) groups is 1. The fourth-order valence-corrected chi connectivity index (χ4v) is 6.56. The van der Waals surface area contributed by atoms with Crippen LogP contribution in [0, 0.1) is 17.2 Å². The maximum absolute atomic E-state index is 14.2. The normalized spacial score (nSPS) is 19.6. The molecule has 0 aromatic heterocycles. The number of carboxylic acids is 1. The molecule has 0 radical (unpaired) electrons. The molecule has 1 unspecified atom stereocenters. The highest BCUT2D eigenvalue weighted by Crippen LogP contribution is 2.60. The lowest BCUT2D eigenvalue weighted by atomic mass is 9.54. The Kier molecular flexibility index (Phi) is 7.47. The second-order valence-electron chi connectivity index (χ2n) is 10.3. The Labute approximate surface area is 218 Å². The molecule has 2 aromatic carbocycles. The summed E-state index contributed by atoms with van der Waals surface area (Å²) in [5.41, 5.74) is -0.124. The van der Waals surface area contributed by atoms with Crippen molar-refractivity contribution in [2.75, 3.05) is 25.1 Å². The Balaban J connectivity index is 1.82. The first kappa shape index (κ1) is 27.6. The van der Waals surface area contributed by atoms with E-state index in [-0.39, 0.29) is 11.0 Å². The molecule has 0 saturated heterocycles. The molecule has 1 spiro atoms. The van der Waals surface area contributed by atoms with E-state index in [1.165, 1.54) is 37.1 Å². The van der Waals surface area contributed by atoms with Crippen LogP contribution in [0.25, 0.3) is 0 Å². The molecular weight excluding hydrogens is 508 g/mol. The van der Waals surface area contributed by atoms with Crippen LogP contribution in [0.2, 0.25) is 0 Å². The Morgan fingerprint density at radius 3 is 2.32 bits per heavy atom. The predicted octanol–water partition coefficient (Wildman–Crippen LogP) is 7.37. The van der Waals surface area contributed by atoms with Gasteiger partial charge in [-0.25, -0.2) is 8.70 Å². The van der Waals surface area contributed by atoms with E-state index in [9.17, 15) is 22.4 Å². The smallest absolute Gasteiger partial charge is 0.420 e.